The van der Waals surface area contributed by atoms with Gasteiger partial charge in [-0.3, -0.25) is 13.9 Å². The molecule has 1 amide bonds. The first-order chi connectivity index (χ1) is 15.2. The molecule has 0 unspecified atom stereocenters. The maximum atomic E-state index is 13.5. The third-order valence-corrected chi connectivity index (χ3v) is 7.56. The number of halogens is 1. The number of hydrogen-bond acceptors (Lipinski definition) is 5. The predicted octanol–water partition coefficient (Wildman–Crippen LogP) is 3.65. The van der Waals surface area contributed by atoms with Crippen molar-refractivity contribution in [1.29, 1.82) is 0 Å². The van der Waals surface area contributed by atoms with Crippen molar-refractivity contribution in [1.82, 2.24) is 4.90 Å². The summed E-state index contributed by atoms with van der Waals surface area (Å²) in [6.45, 7) is 4.31. The number of benzene rings is 2. The highest BCUT2D eigenvalue weighted by Gasteiger charge is 2.32. The fourth-order valence-electron chi connectivity index (χ4n) is 3.72. The molecule has 3 rings (SSSR count). The number of ether oxygens (including phenoxy) is 1. The number of piperidine rings is 1. The number of anilines is 1. The fraction of sp³-hybridized carbons (Fsp3) is 0.391. The Bertz CT molecular complexity index is 1060. The van der Waals surface area contributed by atoms with Crippen molar-refractivity contribution in [3.63, 3.8) is 0 Å². The summed E-state index contributed by atoms with van der Waals surface area (Å²) in [7, 11) is -4.01. The molecular weight excluding hydrogens is 452 g/mol. The average molecular weight is 479 g/mol. The first kappa shape index (κ1) is 24.1. The largest absolute Gasteiger partial charge is 0.466 e. The lowest BCUT2D eigenvalue weighted by atomic mass is 9.97. The van der Waals surface area contributed by atoms with E-state index < -0.39 is 10.0 Å². The van der Waals surface area contributed by atoms with Crippen LogP contribution < -0.4 is 4.31 Å². The number of esters is 1. The number of para-hydroxylation sites is 1. The quantitative estimate of drug-likeness (QED) is 0.567. The first-order valence-electron chi connectivity index (χ1n) is 10.5. The SMILES string of the molecule is CCOC(=O)C1CCN(C(=O)CN(c2ccccc2C)S(=O)(=O)c2ccc(Cl)cc2)CC1. The Balaban J connectivity index is 1.83. The molecule has 0 saturated carbocycles. The summed E-state index contributed by atoms with van der Waals surface area (Å²) in [6.07, 6.45) is 0.998. The Morgan fingerprint density at radius 3 is 2.31 bits per heavy atom. The predicted molar refractivity (Wildman–Crippen MR) is 123 cm³/mol. The van der Waals surface area contributed by atoms with Gasteiger partial charge in [0.1, 0.15) is 6.54 Å². The van der Waals surface area contributed by atoms with Crippen LogP contribution in [-0.2, 0) is 24.3 Å². The Kier molecular flexibility index (Phi) is 7.79. The van der Waals surface area contributed by atoms with Gasteiger partial charge in [-0.15, -0.1) is 0 Å². The first-order valence-corrected chi connectivity index (χ1v) is 12.3. The van der Waals surface area contributed by atoms with E-state index in [0.29, 0.717) is 43.2 Å². The van der Waals surface area contributed by atoms with E-state index in [2.05, 4.69) is 0 Å². The molecular formula is C23H27ClN2O5S. The highest BCUT2D eigenvalue weighted by Crippen LogP contribution is 2.28. The lowest BCUT2D eigenvalue weighted by molar-refractivity contribution is -0.151. The molecule has 7 nitrogen and oxygen atoms in total. The van der Waals surface area contributed by atoms with Gasteiger partial charge in [-0.05, 0) is 62.6 Å². The Hall–Kier alpha value is -2.58. The summed E-state index contributed by atoms with van der Waals surface area (Å²) in [5.41, 5.74) is 1.18. The maximum Gasteiger partial charge on any atom is 0.309 e. The van der Waals surface area contributed by atoms with Gasteiger partial charge in [-0.2, -0.15) is 0 Å². The zero-order chi connectivity index (χ0) is 23.3. The third-order valence-electron chi connectivity index (χ3n) is 5.53. The van der Waals surface area contributed by atoms with Gasteiger partial charge < -0.3 is 9.64 Å². The molecule has 1 aliphatic heterocycles. The molecule has 0 bridgehead atoms. The summed E-state index contributed by atoms with van der Waals surface area (Å²) < 4.78 is 33.2. The molecule has 1 heterocycles. The van der Waals surface area contributed by atoms with Crippen LogP contribution in [0.15, 0.2) is 53.4 Å². The van der Waals surface area contributed by atoms with Crippen LogP contribution in [0.3, 0.4) is 0 Å². The van der Waals surface area contributed by atoms with Crippen LogP contribution in [0.5, 0.6) is 0 Å². The molecule has 0 N–H and O–H groups in total. The Morgan fingerprint density at radius 1 is 1.09 bits per heavy atom. The summed E-state index contributed by atoms with van der Waals surface area (Å²) in [6, 6.07) is 12.9. The van der Waals surface area contributed by atoms with Crippen molar-refractivity contribution in [3.05, 3.63) is 59.1 Å². The van der Waals surface area contributed by atoms with Crippen molar-refractivity contribution in [2.45, 2.75) is 31.6 Å². The molecule has 0 aliphatic carbocycles. The van der Waals surface area contributed by atoms with Crippen molar-refractivity contribution in [2.24, 2.45) is 5.92 Å². The highest BCUT2D eigenvalue weighted by atomic mass is 35.5. The molecule has 0 radical (unpaired) electrons. The van der Waals surface area contributed by atoms with E-state index in [0.717, 1.165) is 9.87 Å². The third kappa shape index (κ3) is 5.42. The number of likely N-dealkylation sites (tertiary alicyclic amines) is 1. The van der Waals surface area contributed by atoms with E-state index in [1.165, 1.54) is 24.3 Å². The zero-order valence-corrected chi connectivity index (χ0v) is 19.7. The van der Waals surface area contributed by atoms with Crippen LogP contribution in [0.1, 0.15) is 25.3 Å². The van der Waals surface area contributed by atoms with Gasteiger partial charge in [0, 0.05) is 18.1 Å². The molecule has 0 atom stereocenters. The topological polar surface area (TPSA) is 84.0 Å². The maximum absolute atomic E-state index is 13.5. The Labute approximate surface area is 194 Å². The number of carbonyl (C=O) groups is 2. The summed E-state index contributed by atoms with van der Waals surface area (Å²) in [5, 5.41) is 0.423. The van der Waals surface area contributed by atoms with Crippen LogP contribution in [0, 0.1) is 12.8 Å². The lowest BCUT2D eigenvalue weighted by Crippen LogP contribution is -2.47. The average Bonchev–Trinajstić information content (AvgIpc) is 2.78. The number of amides is 1. The lowest BCUT2D eigenvalue weighted by Gasteiger charge is -2.33. The van der Waals surface area contributed by atoms with E-state index >= 15 is 0 Å². The molecule has 9 heteroatoms. The molecule has 0 aromatic heterocycles. The van der Waals surface area contributed by atoms with Gasteiger partial charge in [0.05, 0.1) is 23.1 Å². The molecule has 2 aromatic carbocycles. The molecule has 2 aromatic rings. The molecule has 172 valence electrons. The zero-order valence-electron chi connectivity index (χ0n) is 18.2. The van der Waals surface area contributed by atoms with Gasteiger partial charge in [0.2, 0.25) is 5.91 Å². The molecule has 1 fully saturated rings. The van der Waals surface area contributed by atoms with Gasteiger partial charge in [0.25, 0.3) is 10.0 Å². The number of hydrogen-bond donors (Lipinski definition) is 0. The van der Waals surface area contributed by atoms with Crippen LogP contribution in [0.25, 0.3) is 0 Å². The monoisotopic (exact) mass is 478 g/mol. The fourth-order valence-corrected chi connectivity index (χ4v) is 5.33. The number of sulfonamides is 1. The minimum atomic E-state index is -4.01. The van der Waals surface area contributed by atoms with Crippen molar-refractivity contribution >= 4 is 39.2 Å². The van der Waals surface area contributed by atoms with Gasteiger partial charge in [0.15, 0.2) is 0 Å². The number of aryl methyl sites for hydroxylation is 1. The summed E-state index contributed by atoms with van der Waals surface area (Å²) in [5.74, 6) is -0.788. The van der Waals surface area contributed by atoms with Gasteiger partial charge >= 0.3 is 5.97 Å². The van der Waals surface area contributed by atoms with Crippen molar-refractivity contribution in [3.8, 4) is 0 Å². The van der Waals surface area contributed by atoms with E-state index in [1.54, 1.807) is 36.9 Å². The molecule has 1 aliphatic rings. The van der Waals surface area contributed by atoms with E-state index in [-0.39, 0.29) is 29.2 Å². The van der Waals surface area contributed by atoms with E-state index in [1.807, 2.05) is 6.07 Å². The second kappa shape index (κ2) is 10.4. The highest BCUT2D eigenvalue weighted by molar-refractivity contribution is 7.92. The number of nitrogens with zero attached hydrogens (tertiary/aromatic N) is 2. The van der Waals surface area contributed by atoms with E-state index in [4.69, 9.17) is 16.3 Å². The van der Waals surface area contributed by atoms with E-state index in [9.17, 15) is 18.0 Å². The van der Waals surface area contributed by atoms with Crippen molar-refractivity contribution < 1.29 is 22.7 Å². The summed E-state index contributed by atoms with van der Waals surface area (Å²) in [4.78, 5) is 26.7. The van der Waals surface area contributed by atoms with Crippen molar-refractivity contribution in [2.75, 3.05) is 30.5 Å². The standard InChI is InChI=1S/C23H27ClN2O5S/c1-3-31-23(28)18-12-14-25(15-13-18)22(27)16-26(21-7-5-4-6-17(21)2)32(29,30)20-10-8-19(24)9-11-20/h4-11,18H,3,12-16H2,1-2H3. The van der Waals surface area contributed by atoms with Crippen LogP contribution in [0.4, 0.5) is 5.69 Å². The molecule has 1 saturated heterocycles. The Morgan fingerprint density at radius 2 is 1.72 bits per heavy atom. The number of rotatable bonds is 7. The normalized spacial score (nSPS) is 14.8. The number of carbonyl (C=O) groups excluding carboxylic acids is 2. The molecule has 0 spiro atoms. The minimum Gasteiger partial charge on any atom is -0.466 e. The smallest absolute Gasteiger partial charge is 0.309 e. The van der Waals surface area contributed by atoms with Crippen LogP contribution >= 0.6 is 11.6 Å². The van der Waals surface area contributed by atoms with Crippen LogP contribution in [0.2, 0.25) is 5.02 Å². The minimum absolute atomic E-state index is 0.0546. The molecule has 32 heavy (non-hydrogen) atoms. The second-order valence-electron chi connectivity index (χ2n) is 7.66. The summed E-state index contributed by atoms with van der Waals surface area (Å²) >= 11 is 5.92. The second-order valence-corrected chi connectivity index (χ2v) is 9.96. The van der Waals surface area contributed by atoms with Gasteiger partial charge in [-0.1, -0.05) is 29.8 Å². The van der Waals surface area contributed by atoms with Gasteiger partial charge in [-0.25, -0.2) is 8.42 Å². The van der Waals surface area contributed by atoms with Crippen LogP contribution in [-0.4, -0.2) is 51.4 Å².